The van der Waals surface area contributed by atoms with Crippen LogP contribution in [0.4, 0.5) is 0 Å². The fourth-order valence-electron chi connectivity index (χ4n) is 11.1. The number of aliphatic hydroxyl groups excluding tert-OH is 11. The lowest BCUT2D eigenvalue weighted by molar-refractivity contribution is -0.379. The molecule has 0 aromatic carbocycles. The Morgan fingerprint density at radius 2 is 0.742 bits per heavy atom. The normalized spacial score (nSPS) is 28.3. The number of rotatable bonds is 52. The van der Waals surface area contributed by atoms with Gasteiger partial charge in [0, 0.05) is 6.42 Å². The molecule has 0 aromatic rings. The quantitative estimate of drug-likeness (QED) is 0.0199. The molecule has 0 saturated carbocycles. The molecule has 0 bridgehead atoms. The summed E-state index contributed by atoms with van der Waals surface area (Å²) in [7, 11) is 0. The van der Waals surface area contributed by atoms with Crippen LogP contribution in [0.25, 0.3) is 0 Å². The van der Waals surface area contributed by atoms with Crippen LogP contribution in [0.5, 0.6) is 0 Å². The largest absolute Gasteiger partial charge is 0.394 e. The lowest BCUT2D eigenvalue weighted by Crippen LogP contribution is -2.66. The number of aliphatic hydroxyl groups is 11. The molecule has 93 heavy (non-hydrogen) atoms. The molecule has 0 aromatic heterocycles. The van der Waals surface area contributed by atoms with Crippen LogP contribution in [0.2, 0.25) is 0 Å². The van der Waals surface area contributed by atoms with Crippen molar-refractivity contribution in [3.8, 4) is 0 Å². The molecule has 3 saturated heterocycles. The zero-order valence-electron chi connectivity index (χ0n) is 56.2. The van der Waals surface area contributed by atoms with Crippen molar-refractivity contribution in [3.63, 3.8) is 0 Å². The average molecular weight is 1310 g/mol. The SMILES string of the molecule is CC/C=C\C/C=C\C/C=C\C/C=C\C/C=C\C/C=C\C/C=C\C/C=C\C/C=C\CCCCCCCCCCCCCCCC(=O)NC(COC1OC(CO)C(OC2OC(CO)C(OC3OC(CO)C(O)C(O)C3O)C(O)C2O)C(O)C1O)C(O)/C=C/CCCCCCC. The molecule has 3 heterocycles. The topological polar surface area (TPSA) is 307 Å². The summed E-state index contributed by atoms with van der Waals surface area (Å²) in [4.78, 5) is 13.3. The van der Waals surface area contributed by atoms with Crippen LogP contribution >= 0.6 is 0 Å². The van der Waals surface area contributed by atoms with E-state index >= 15 is 0 Å². The Hall–Kier alpha value is -3.81. The molecule has 17 atom stereocenters. The first kappa shape index (κ1) is 83.4. The Labute approximate surface area is 557 Å². The molecule has 0 aliphatic carbocycles. The standard InChI is InChI=1S/C74H123NO18/c1-3-5-7-9-11-12-13-14-15-16-17-18-19-20-21-22-23-24-25-26-27-28-29-30-31-32-33-34-35-36-37-38-39-40-41-42-43-44-46-48-50-52-62(80)75-57(58(79)51-49-47-45-10-8-6-4-2)56-88-72-68(86)65(83)70(60(54-77)90-72)93-74-69(87)66(84)71(61(55-78)91-74)92-73-67(85)64(82)63(81)59(53-76)89-73/h5,7,11-12,14-15,17-18,20-21,23-24,26-27,29-30,32-33,49,51,57-61,63-74,76-79,81-87H,3-4,6,8-10,13,16,19,22,25,28,31,34-48,50,52-56H2,1-2H3,(H,75,80)/b7-5-,12-11-,15-14-,18-17-,21-20-,24-23-,27-26-,30-29-,33-32-,51-49+. The number of hydrogen-bond donors (Lipinski definition) is 12. The van der Waals surface area contributed by atoms with Crippen LogP contribution in [0.3, 0.4) is 0 Å². The monoisotopic (exact) mass is 1310 g/mol. The number of nitrogens with one attached hydrogen (secondary N) is 1. The predicted octanol–water partition coefficient (Wildman–Crippen LogP) is 9.60. The summed E-state index contributed by atoms with van der Waals surface area (Å²) < 4.78 is 34.2. The second-order valence-corrected chi connectivity index (χ2v) is 24.6. The molecule has 3 aliphatic rings. The maximum absolute atomic E-state index is 13.3. The van der Waals surface area contributed by atoms with Gasteiger partial charge in [-0.25, -0.2) is 0 Å². The van der Waals surface area contributed by atoms with Crippen molar-refractivity contribution in [2.24, 2.45) is 0 Å². The Balaban J connectivity index is 1.26. The first-order valence-corrected chi connectivity index (χ1v) is 35.3. The fraction of sp³-hybridized carbons (Fsp3) is 0.716. The number of ether oxygens (including phenoxy) is 6. The van der Waals surface area contributed by atoms with Gasteiger partial charge in [0.25, 0.3) is 0 Å². The van der Waals surface area contributed by atoms with Crippen LogP contribution in [0.15, 0.2) is 122 Å². The lowest BCUT2D eigenvalue weighted by Gasteiger charge is -2.48. The van der Waals surface area contributed by atoms with E-state index in [-0.39, 0.29) is 18.9 Å². The molecule has 3 fully saturated rings. The van der Waals surface area contributed by atoms with Gasteiger partial charge in [0.05, 0.1) is 38.6 Å². The van der Waals surface area contributed by atoms with E-state index < -0.39 is 124 Å². The first-order chi connectivity index (χ1) is 45.3. The second kappa shape index (κ2) is 54.2. The third kappa shape index (κ3) is 35.8. The molecule has 3 rings (SSSR count). The van der Waals surface area contributed by atoms with Crippen molar-refractivity contribution in [2.75, 3.05) is 26.4 Å². The number of unbranched alkanes of at least 4 members (excludes halogenated alkanes) is 18. The minimum absolute atomic E-state index is 0.234. The summed E-state index contributed by atoms with van der Waals surface area (Å²) in [6.07, 6.45) is 48.2. The molecule has 0 radical (unpaired) electrons. The summed E-state index contributed by atoms with van der Waals surface area (Å²) in [5.41, 5.74) is 0. The lowest BCUT2D eigenvalue weighted by atomic mass is 9.96. The maximum atomic E-state index is 13.3. The number of amides is 1. The van der Waals surface area contributed by atoms with Gasteiger partial charge in [-0.1, -0.05) is 232 Å². The molecular weight excluding hydrogens is 1190 g/mol. The van der Waals surface area contributed by atoms with Crippen molar-refractivity contribution < 1.29 is 89.4 Å². The van der Waals surface area contributed by atoms with E-state index in [9.17, 15) is 61.0 Å². The van der Waals surface area contributed by atoms with Crippen molar-refractivity contribution in [3.05, 3.63) is 122 Å². The van der Waals surface area contributed by atoms with Gasteiger partial charge in [0.15, 0.2) is 18.9 Å². The van der Waals surface area contributed by atoms with E-state index in [1.807, 2.05) is 6.08 Å². The molecule has 12 N–H and O–H groups in total. The zero-order valence-corrected chi connectivity index (χ0v) is 56.2. The molecule has 0 spiro atoms. The number of carbonyl (C=O) groups excluding carboxylic acids is 1. The Morgan fingerprint density at radius 1 is 0.398 bits per heavy atom. The van der Waals surface area contributed by atoms with Crippen LogP contribution in [-0.4, -0.2) is 193 Å². The minimum Gasteiger partial charge on any atom is -0.394 e. The van der Waals surface area contributed by atoms with Gasteiger partial charge in [-0.15, -0.1) is 0 Å². The number of allylic oxidation sites excluding steroid dienone is 19. The Morgan fingerprint density at radius 3 is 1.16 bits per heavy atom. The third-order valence-corrected chi connectivity index (χ3v) is 16.8. The Bertz CT molecular complexity index is 2160. The summed E-state index contributed by atoms with van der Waals surface area (Å²) >= 11 is 0. The molecule has 532 valence electrons. The summed E-state index contributed by atoms with van der Waals surface area (Å²) in [6.45, 7) is 1.51. The highest BCUT2D eigenvalue weighted by Gasteiger charge is 2.53. The van der Waals surface area contributed by atoms with Gasteiger partial charge in [0.2, 0.25) is 5.91 Å². The summed E-state index contributed by atoms with van der Waals surface area (Å²) in [5.74, 6) is -0.287. The predicted molar refractivity (Wildman–Crippen MR) is 364 cm³/mol. The highest BCUT2D eigenvalue weighted by atomic mass is 16.8. The van der Waals surface area contributed by atoms with Crippen LogP contribution in [0.1, 0.15) is 206 Å². The van der Waals surface area contributed by atoms with E-state index in [1.54, 1.807) is 6.08 Å². The van der Waals surface area contributed by atoms with E-state index in [0.29, 0.717) is 6.42 Å². The maximum Gasteiger partial charge on any atom is 0.220 e. The molecule has 19 nitrogen and oxygen atoms in total. The van der Waals surface area contributed by atoms with Gasteiger partial charge in [-0.2, -0.15) is 0 Å². The smallest absolute Gasteiger partial charge is 0.220 e. The molecular formula is C74H123NO18. The molecule has 19 heteroatoms. The van der Waals surface area contributed by atoms with Crippen molar-refractivity contribution in [1.82, 2.24) is 5.32 Å². The highest BCUT2D eigenvalue weighted by Crippen LogP contribution is 2.33. The van der Waals surface area contributed by atoms with Gasteiger partial charge in [-0.3, -0.25) is 4.79 Å². The minimum atomic E-state index is -1.98. The second-order valence-electron chi connectivity index (χ2n) is 24.6. The third-order valence-electron chi connectivity index (χ3n) is 16.8. The van der Waals surface area contributed by atoms with E-state index in [1.165, 1.54) is 51.4 Å². The molecule has 3 aliphatic heterocycles. The van der Waals surface area contributed by atoms with E-state index in [4.69, 9.17) is 28.4 Å². The van der Waals surface area contributed by atoms with Gasteiger partial charge < -0.3 is 89.9 Å². The van der Waals surface area contributed by atoms with Crippen LogP contribution in [0, 0.1) is 0 Å². The summed E-state index contributed by atoms with van der Waals surface area (Å²) in [5, 5.41) is 120. The highest BCUT2D eigenvalue weighted by molar-refractivity contribution is 5.76. The van der Waals surface area contributed by atoms with Gasteiger partial charge in [-0.05, 0) is 89.9 Å². The van der Waals surface area contributed by atoms with Gasteiger partial charge in [0.1, 0.15) is 73.2 Å². The first-order valence-electron chi connectivity index (χ1n) is 35.3. The summed E-state index contributed by atoms with van der Waals surface area (Å²) in [6, 6.07) is -0.977. The Kier molecular flexibility index (Phi) is 48.6. The van der Waals surface area contributed by atoms with Crippen molar-refractivity contribution in [2.45, 2.75) is 311 Å². The van der Waals surface area contributed by atoms with Crippen molar-refractivity contribution in [1.29, 1.82) is 0 Å². The van der Waals surface area contributed by atoms with Gasteiger partial charge >= 0.3 is 0 Å². The number of carbonyl (C=O) groups is 1. The van der Waals surface area contributed by atoms with Crippen molar-refractivity contribution >= 4 is 5.91 Å². The average Bonchev–Trinajstić information content (AvgIpc) is 0.798. The van der Waals surface area contributed by atoms with E-state index in [2.05, 4.69) is 129 Å². The zero-order chi connectivity index (χ0) is 67.5. The van der Waals surface area contributed by atoms with Crippen LogP contribution < -0.4 is 5.32 Å². The molecule has 1 amide bonds. The number of hydrogen-bond acceptors (Lipinski definition) is 18. The molecule has 17 unspecified atom stereocenters. The van der Waals surface area contributed by atoms with E-state index in [0.717, 1.165) is 128 Å². The van der Waals surface area contributed by atoms with Crippen LogP contribution in [-0.2, 0) is 33.2 Å². The fourth-order valence-corrected chi connectivity index (χ4v) is 11.1.